The standard InChI is InChI=1S/C14H9F4NO/c1-7-2-3-9(15)8(6-7)14(20)19-11-5-4-10(16)12(17)13(11)18/h2-6H,1H3,(H,19,20). The summed E-state index contributed by atoms with van der Waals surface area (Å²) in [4.78, 5) is 11.8. The Morgan fingerprint density at radius 1 is 0.950 bits per heavy atom. The van der Waals surface area contributed by atoms with E-state index in [4.69, 9.17) is 0 Å². The molecule has 2 aromatic carbocycles. The number of hydrogen-bond acceptors (Lipinski definition) is 1. The second kappa shape index (κ2) is 5.32. The van der Waals surface area contributed by atoms with Crippen LogP contribution >= 0.6 is 0 Å². The smallest absolute Gasteiger partial charge is 0.258 e. The van der Waals surface area contributed by atoms with Gasteiger partial charge in [-0.1, -0.05) is 11.6 Å². The van der Waals surface area contributed by atoms with Gasteiger partial charge in [0.1, 0.15) is 5.82 Å². The largest absolute Gasteiger partial charge is 0.319 e. The van der Waals surface area contributed by atoms with Crippen LogP contribution in [-0.4, -0.2) is 5.91 Å². The van der Waals surface area contributed by atoms with E-state index in [2.05, 4.69) is 0 Å². The third-order valence-electron chi connectivity index (χ3n) is 2.65. The van der Waals surface area contributed by atoms with Gasteiger partial charge in [-0.05, 0) is 31.2 Å². The number of hydrogen-bond donors (Lipinski definition) is 1. The van der Waals surface area contributed by atoms with Gasteiger partial charge < -0.3 is 5.32 Å². The predicted octanol–water partition coefficient (Wildman–Crippen LogP) is 3.80. The number of rotatable bonds is 2. The molecular weight excluding hydrogens is 274 g/mol. The molecular formula is C14H9F4NO. The van der Waals surface area contributed by atoms with Crippen LogP contribution in [0.2, 0.25) is 0 Å². The lowest BCUT2D eigenvalue weighted by molar-refractivity contribution is 0.102. The number of carbonyl (C=O) groups is 1. The van der Waals surface area contributed by atoms with Crippen LogP contribution in [-0.2, 0) is 0 Å². The molecule has 0 saturated heterocycles. The van der Waals surface area contributed by atoms with Gasteiger partial charge in [0.25, 0.3) is 5.91 Å². The maximum absolute atomic E-state index is 13.5. The van der Waals surface area contributed by atoms with Gasteiger partial charge in [-0.15, -0.1) is 0 Å². The second-order valence-corrected chi connectivity index (χ2v) is 4.16. The summed E-state index contributed by atoms with van der Waals surface area (Å²) in [5, 5.41) is 2.00. The molecule has 2 aromatic rings. The van der Waals surface area contributed by atoms with Crippen LogP contribution in [0.25, 0.3) is 0 Å². The van der Waals surface area contributed by atoms with Gasteiger partial charge in [0.05, 0.1) is 11.3 Å². The number of nitrogens with one attached hydrogen (secondary N) is 1. The van der Waals surface area contributed by atoms with Gasteiger partial charge in [-0.3, -0.25) is 4.79 Å². The molecule has 104 valence electrons. The van der Waals surface area contributed by atoms with Crippen LogP contribution in [0.5, 0.6) is 0 Å². The van der Waals surface area contributed by atoms with Crippen LogP contribution in [0.4, 0.5) is 23.2 Å². The fourth-order valence-electron chi connectivity index (χ4n) is 1.63. The highest BCUT2D eigenvalue weighted by molar-refractivity contribution is 6.04. The minimum Gasteiger partial charge on any atom is -0.319 e. The highest BCUT2D eigenvalue weighted by atomic mass is 19.2. The summed E-state index contributed by atoms with van der Waals surface area (Å²) in [6.45, 7) is 1.65. The van der Waals surface area contributed by atoms with Crippen molar-refractivity contribution in [1.82, 2.24) is 0 Å². The van der Waals surface area contributed by atoms with E-state index in [0.29, 0.717) is 11.6 Å². The number of halogens is 4. The monoisotopic (exact) mass is 283 g/mol. The van der Waals surface area contributed by atoms with Crippen molar-refractivity contribution >= 4 is 11.6 Å². The normalized spacial score (nSPS) is 10.4. The highest BCUT2D eigenvalue weighted by Gasteiger charge is 2.17. The molecule has 0 aliphatic carbocycles. The molecule has 0 aliphatic rings. The lowest BCUT2D eigenvalue weighted by Crippen LogP contribution is -2.15. The van der Waals surface area contributed by atoms with E-state index in [0.717, 1.165) is 12.1 Å². The Morgan fingerprint density at radius 3 is 2.30 bits per heavy atom. The van der Waals surface area contributed by atoms with Gasteiger partial charge in [0, 0.05) is 0 Å². The third kappa shape index (κ3) is 2.64. The molecule has 0 unspecified atom stereocenters. The SMILES string of the molecule is Cc1ccc(F)c(C(=O)Nc2ccc(F)c(F)c2F)c1. The molecule has 0 atom stereocenters. The average Bonchev–Trinajstić information content (AvgIpc) is 2.42. The molecule has 6 heteroatoms. The van der Waals surface area contributed by atoms with Crippen LogP contribution in [0.1, 0.15) is 15.9 Å². The zero-order valence-corrected chi connectivity index (χ0v) is 10.3. The van der Waals surface area contributed by atoms with E-state index in [1.54, 1.807) is 6.92 Å². The van der Waals surface area contributed by atoms with Crippen molar-refractivity contribution in [2.24, 2.45) is 0 Å². The van der Waals surface area contributed by atoms with E-state index >= 15 is 0 Å². The van der Waals surface area contributed by atoms with Crippen LogP contribution in [0.15, 0.2) is 30.3 Å². The Bertz CT molecular complexity index is 685. The molecule has 1 amide bonds. The number of carbonyl (C=O) groups excluding carboxylic acids is 1. The Hall–Kier alpha value is -2.37. The molecule has 0 heterocycles. The lowest BCUT2D eigenvalue weighted by atomic mass is 10.1. The summed E-state index contributed by atoms with van der Waals surface area (Å²) < 4.78 is 52.6. The minimum atomic E-state index is -1.70. The maximum Gasteiger partial charge on any atom is 0.258 e. The van der Waals surface area contributed by atoms with Crippen LogP contribution in [0.3, 0.4) is 0 Å². The third-order valence-corrected chi connectivity index (χ3v) is 2.65. The summed E-state index contributed by atoms with van der Waals surface area (Å²) >= 11 is 0. The fraction of sp³-hybridized carbons (Fsp3) is 0.0714. The molecule has 0 radical (unpaired) electrons. The summed E-state index contributed by atoms with van der Waals surface area (Å²) in [5.74, 6) is -6.35. The Kier molecular flexibility index (Phi) is 3.74. The van der Waals surface area contributed by atoms with Gasteiger partial charge in [0.15, 0.2) is 17.5 Å². The number of amides is 1. The maximum atomic E-state index is 13.5. The lowest BCUT2D eigenvalue weighted by Gasteiger charge is -2.08. The van der Waals surface area contributed by atoms with Crippen LogP contribution in [0, 0.1) is 30.2 Å². The van der Waals surface area contributed by atoms with E-state index in [1.807, 2.05) is 5.32 Å². The summed E-state index contributed by atoms with van der Waals surface area (Å²) in [7, 11) is 0. The Balaban J connectivity index is 2.33. The molecule has 0 bridgehead atoms. The Labute approximate surface area is 112 Å². The van der Waals surface area contributed by atoms with Gasteiger partial charge >= 0.3 is 0 Å². The van der Waals surface area contributed by atoms with Crippen molar-refractivity contribution in [3.63, 3.8) is 0 Å². The van der Waals surface area contributed by atoms with Gasteiger partial charge in [-0.25, -0.2) is 17.6 Å². The molecule has 2 rings (SSSR count). The molecule has 0 fully saturated rings. The molecule has 0 aromatic heterocycles. The van der Waals surface area contributed by atoms with Gasteiger partial charge in [-0.2, -0.15) is 0 Å². The summed E-state index contributed by atoms with van der Waals surface area (Å²) in [5.41, 5.74) is -0.244. The zero-order chi connectivity index (χ0) is 14.9. The molecule has 2 nitrogen and oxygen atoms in total. The summed E-state index contributed by atoms with van der Waals surface area (Å²) in [6.07, 6.45) is 0. The van der Waals surface area contributed by atoms with Crippen molar-refractivity contribution < 1.29 is 22.4 Å². The van der Waals surface area contributed by atoms with E-state index in [9.17, 15) is 22.4 Å². The first-order valence-electron chi connectivity index (χ1n) is 5.61. The molecule has 0 aliphatic heterocycles. The minimum absolute atomic E-state index is 0.311. The van der Waals surface area contributed by atoms with Crippen molar-refractivity contribution in [3.05, 3.63) is 64.7 Å². The van der Waals surface area contributed by atoms with Crippen molar-refractivity contribution in [1.29, 1.82) is 0 Å². The molecule has 0 spiro atoms. The fourth-order valence-corrected chi connectivity index (χ4v) is 1.63. The quantitative estimate of drug-likeness (QED) is 0.659. The average molecular weight is 283 g/mol. The first-order valence-corrected chi connectivity index (χ1v) is 5.61. The molecule has 1 N–H and O–H groups in total. The van der Waals surface area contributed by atoms with Crippen molar-refractivity contribution in [3.8, 4) is 0 Å². The first kappa shape index (κ1) is 14.0. The first-order chi connectivity index (χ1) is 9.40. The highest BCUT2D eigenvalue weighted by Crippen LogP contribution is 2.21. The molecule has 0 saturated carbocycles. The van der Waals surface area contributed by atoms with Gasteiger partial charge in [0.2, 0.25) is 0 Å². The van der Waals surface area contributed by atoms with Crippen LogP contribution < -0.4 is 5.32 Å². The second-order valence-electron chi connectivity index (χ2n) is 4.16. The Morgan fingerprint density at radius 2 is 1.60 bits per heavy atom. The number of anilines is 1. The van der Waals surface area contributed by atoms with E-state index in [-0.39, 0.29) is 5.56 Å². The number of benzene rings is 2. The van der Waals surface area contributed by atoms with E-state index < -0.39 is 34.9 Å². The number of aryl methyl sites for hydroxylation is 1. The summed E-state index contributed by atoms with van der Waals surface area (Å²) in [6, 6.07) is 5.35. The van der Waals surface area contributed by atoms with Crippen molar-refractivity contribution in [2.45, 2.75) is 6.92 Å². The zero-order valence-electron chi connectivity index (χ0n) is 10.3. The van der Waals surface area contributed by atoms with Crippen molar-refractivity contribution in [2.75, 3.05) is 5.32 Å². The molecule has 20 heavy (non-hydrogen) atoms. The topological polar surface area (TPSA) is 29.1 Å². The predicted molar refractivity (Wildman–Crippen MR) is 65.4 cm³/mol. The van der Waals surface area contributed by atoms with E-state index in [1.165, 1.54) is 12.1 Å².